The number of hydrogen-bond donors (Lipinski definition) is 3. The normalized spacial score (nSPS) is 11.4. The zero-order valence-corrected chi connectivity index (χ0v) is 12.5. The Balaban J connectivity index is 3.02. The summed E-state index contributed by atoms with van der Waals surface area (Å²) >= 11 is 0. The van der Waals surface area contributed by atoms with Gasteiger partial charge in [-0.15, -0.1) is 0 Å². The number of carbonyl (C=O) groups excluding carboxylic acids is 1. The molecule has 0 saturated carbocycles. The molecule has 0 spiro atoms. The standard InChI is InChI=1S/C12H17N3O5S/c1-14-11(16)5-6-15(2)21(19,20)10-4-3-8(12(17)18)7-9(10)13/h3-4,7H,5-6,13H2,1-2H3,(H,14,16)(H,17,18). The third kappa shape index (κ3) is 3.92. The Bertz CT molecular complexity index is 657. The van der Waals surface area contributed by atoms with Gasteiger partial charge in [-0.25, -0.2) is 17.5 Å². The average Bonchev–Trinajstić information content (AvgIpc) is 2.43. The molecule has 0 unspecified atom stereocenters. The maximum absolute atomic E-state index is 12.3. The fraction of sp³-hybridized carbons (Fsp3) is 0.333. The van der Waals surface area contributed by atoms with E-state index in [0.29, 0.717) is 0 Å². The van der Waals surface area contributed by atoms with Crippen LogP contribution in [0.25, 0.3) is 0 Å². The number of aromatic carboxylic acids is 1. The highest BCUT2D eigenvalue weighted by molar-refractivity contribution is 7.89. The highest BCUT2D eigenvalue weighted by Crippen LogP contribution is 2.23. The van der Waals surface area contributed by atoms with E-state index in [1.165, 1.54) is 14.1 Å². The van der Waals surface area contributed by atoms with Crippen molar-refractivity contribution in [3.63, 3.8) is 0 Å². The third-order valence-corrected chi connectivity index (χ3v) is 4.81. The van der Waals surface area contributed by atoms with Crippen molar-refractivity contribution in [2.24, 2.45) is 0 Å². The largest absolute Gasteiger partial charge is 0.478 e. The van der Waals surface area contributed by atoms with Crippen LogP contribution in [0.4, 0.5) is 5.69 Å². The van der Waals surface area contributed by atoms with Gasteiger partial charge in [0.2, 0.25) is 15.9 Å². The number of amides is 1. The van der Waals surface area contributed by atoms with Crippen molar-refractivity contribution in [2.75, 3.05) is 26.4 Å². The lowest BCUT2D eigenvalue weighted by atomic mass is 10.2. The lowest BCUT2D eigenvalue weighted by Crippen LogP contribution is -2.31. The maximum atomic E-state index is 12.3. The molecule has 0 aliphatic carbocycles. The van der Waals surface area contributed by atoms with Crippen LogP contribution >= 0.6 is 0 Å². The molecule has 116 valence electrons. The molecule has 0 bridgehead atoms. The summed E-state index contributed by atoms with van der Waals surface area (Å²) in [5, 5.41) is 11.2. The zero-order chi connectivity index (χ0) is 16.2. The minimum atomic E-state index is -3.88. The lowest BCUT2D eigenvalue weighted by Gasteiger charge is -2.18. The van der Waals surface area contributed by atoms with Gasteiger partial charge in [-0.05, 0) is 18.2 Å². The number of nitrogen functional groups attached to an aromatic ring is 1. The van der Waals surface area contributed by atoms with Gasteiger partial charge >= 0.3 is 5.97 Å². The smallest absolute Gasteiger partial charge is 0.335 e. The Hall–Kier alpha value is -2.13. The van der Waals surface area contributed by atoms with Crippen LogP contribution in [0.5, 0.6) is 0 Å². The number of hydrogen-bond acceptors (Lipinski definition) is 5. The summed E-state index contributed by atoms with van der Waals surface area (Å²) in [5.74, 6) is -1.48. The van der Waals surface area contributed by atoms with Crippen molar-refractivity contribution in [3.05, 3.63) is 23.8 Å². The van der Waals surface area contributed by atoms with E-state index < -0.39 is 16.0 Å². The van der Waals surface area contributed by atoms with Crippen molar-refractivity contribution < 1.29 is 23.1 Å². The Morgan fingerprint density at radius 2 is 2.00 bits per heavy atom. The number of nitrogens with one attached hydrogen (secondary N) is 1. The number of carbonyl (C=O) groups is 2. The fourth-order valence-corrected chi connectivity index (χ4v) is 2.85. The number of rotatable bonds is 6. The zero-order valence-electron chi connectivity index (χ0n) is 11.7. The van der Waals surface area contributed by atoms with Crippen LogP contribution < -0.4 is 11.1 Å². The number of carboxylic acid groups (broad SMARTS) is 1. The van der Waals surface area contributed by atoms with Crippen LogP contribution in [-0.2, 0) is 14.8 Å². The molecule has 0 aromatic heterocycles. The van der Waals surface area contributed by atoms with E-state index in [0.717, 1.165) is 22.5 Å². The molecule has 0 fully saturated rings. The van der Waals surface area contributed by atoms with Gasteiger partial charge < -0.3 is 16.2 Å². The van der Waals surface area contributed by atoms with Crippen molar-refractivity contribution in [2.45, 2.75) is 11.3 Å². The van der Waals surface area contributed by atoms with E-state index in [4.69, 9.17) is 10.8 Å². The Morgan fingerprint density at radius 1 is 1.38 bits per heavy atom. The highest BCUT2D eigenvalue weighted by atomic mass is 32.2. The minimum absolute atomic E-state index is 0.0118. The summed E-state index contributed by atoms with van der Waals surface area (Å²) in [6.45, 7) is -0.0118. The first kappa shape index (κ1) is 16.9. The molecule has 21 heavy (non-hydrogen) atoms. The molecule has 4 N–H and O–H groups in total. The predicted octanol–water partition coefficient (Wildman–Crippen LogP) is -0.276. The maximum Gasteiger partial charge on any atom is 0.335 e. The van der Waals surface area contributed by atoms with Gasteiger partial charge in [-0.2, -0.15) is 0 Å². The molecule has 1 aromatic carbocycles. The second-order valence-corrected chi connectivity index (χ2v) is 6.32. The average molecular weight is 315 g/mol. The quantitative estimate of drug-likeness (QED) is 0.619. The summed E-state index contributed by atoms with van der Waals surface area (Å²) in [5.41, 5.74) is 5.37. The van der Waals surface area contributed by atoms with Gasteiger partial charge in [0.1, 0.15) is 4.90 Å². The number of nitrogens with two attached hydrogens (primary N) is 1. The van der Waals surface area contributed by atoms with Crippen LogP contribution in [0.15, 0.2) is 23.1 Å². The number of sulfonamides is 1. The van der Waals surface area contributed by atoms with Crippen molar-refractivity contribution >= 4 is 27.6 Å². The van der Waals surface area contributed by atoms with Gasteiger partial charge in [0.15, 0.2) is 0 Å². The van der Waals surface area contributed by atoms with Crippen LogP contribution in [0.1, 0.15) is 16.8 Å². The SMILES string of the molecule is CNC(=O)CCN(C)S(=O)(=O)c1ccc(C(=O)O)cc1N. The summed E-state index contributed by atoms with van der Waals surface area (Å²) in [7, 11) is -1.10. The molecular formula is C12H17N3O5S. The van der Waals surface area contributed by atoms with Gasteiger partial charge in [0.05, 0.1) is 11.3 Å². The van der Waals surface area contributed by atoms with E-state index in [9.17, 15) is 18.0 Å². The second-order valence-electron chi connectivity index (χ2n) is 4.31. The first-order valence-electron chi connectivity index (χ1n) is 6.00. The van der Waals surface area contributed by atoms with Crippen molar-refractivity contribution in [3.8, 4) is 0 Å². The van der Waals surface area contributed by atoms with E-state index in [2.05, 4.69) is 5.32 Å². The molecule has 0 saturated heterocycles. The Kier molecular flexibility index (Phi) is 5.28. The summed E-state index contributed by atoms with van der Waals surface area (Å²) in [4.78, 5) is 21.8. The first-order valence-corrected chi connectivity index (χ1v) is 7.44. The molecular weight excluding hydrogens is 298 g/mol. The summed E-state index contributed by atoms with van der Waals surface area (Å²) < 4.78 is 25.6. The second kappa shape index (κ2) is 6.55. The Morgan fingerprint density at radius 3 is 2.48 bits per heavy atom. The molecule has 9 heteroatoms. The monoisotopic (exact) mass is 315 g/mol. The molecule has 1 amide bonds. The molecule has 0 radical (unpaired) electrons. The molecule has 0 atom stereocenters. The van der Waals surface area contributed by atoms with Crippen LogP contribution in [-0.4, -0.2) is 50.3 Å². The van der Waals surface area contributed by atoms with Gasteiger partial charge in [-0.3, -0.25) is 4.79 Å². The highest BCUT2D eigenvalue weighted by Gasteiger charge is 2.24. The van der Waals surface area contributed by atoms with Gasteiger partial charge in [0, 0.05) is 27.1 Å². The Labute approximate surface area is 122 Å². The van der Waals surface area contributed by atoms with E-state index in [1.807, 2.05) is 0 Å². The molecule has 1 rings (SSSR count). The van der Waals surface area contributed by atoms with E-state index >= 15 is 0 Å². The number of anilines is 1. The number of nitrogens with zero attached hydrogens (tertiary/aromatic N) is 1. The molecule has 0 aliphatic rings. The minimum Gasteiger partial charge on any atom is -0.478 e. The van der Waals surface area contributed by atoms with Crippen molar-refractivity contribution in [1.29, 1.82) is 0 Å². The van der Waals surface area contributed by atoms with Crippen LogP contribution in [0, 0.1) is 0 Å². The van der Waals surface area contributed by atoms with Crippen LogP contribution in [0.3, 0.4) is 0 Å². The topological polar surface area (TPSA) is 130 Å². The molecule has 0 aliphatic heterocycles. The van der Waals surface area contributed by atoms with E-state index in [1.54, 1.807) is 0 Å². The van der Waals surface area contributed by atoms with Gasteiger partial charge in [0.25, 0.3) is 0 Å². The fourth-order valence-electron chi connectivity index (χ4n) is 1.59. The molecule has 8 nitrogen and oxygen atoms in total. The van der Waals surface area contributed by atoms with Crippen molar-refractivity contribution in [1.82, 2.24) is 9.62 Å². The summed E-state index contributed by atoms with van der Waals surface area (Å²) in [6.07, 6.45) is 0.0132. The van der Waals surface area contributed by atoms with Crippen LogP contribution in [0.2, 0.25) is 0 Å². The summed E-state index contributed by atoms with van der Waals surface area (Å²) in [6, 6.07) is 3.39. The molecule has 0 heterocycles. The third-order valence-electron chi connectivity index (χ3n) is 2.88. The number of carboxylic acids is 1. The number of benzene rings is 1. The molecule has 1 aromatic rings. The van der Waals surface area contributed by atoms with Gasteiger partial charge in [-0.1, -0.05) is 0 Å². The first-order chi connectivity index (χ1) is 9.70. The van der Waals surface area contributed by atoms with E-state index in [-0.39, 0.29) is 35.0 Å². The lowest BCUT2D eigenvalue weighted by molar-refractivity contribution is -0.120. The predicted molar refractivity (Wildman–Crippen MR) is 76.3 cm³/mol.